The van der Waals surface area contributed by atoms with E-state index in [-0.39, 0.29) is 18.2 Å². The molecule has 0 bridgehead atoms. The van der Waals surface area contributed by atoms with E-state index in [2.05, 4.69) is 10.3 Å². The molecule has 7 heteroatoms. The zero-order valence-electron chi connectivity index (χ0n) is 21.5. The summed E-state index contributed by atoms with van der Waals surface area (Å²) in [5, 5.41) is 13.7. The number of nitrogens with zero attached hydrogens (tertiary/aromatic N) is 1. The molecule has 0 spiro atoms. The van der Waals surface area contributed by atoms with Crippen LogP contribution in [0.4, 0.5) is 0 Å². The van der Waals surface area contributed by atoms with Gasteiger partial charge in [-0.05, 0) is 49.6 Å². The van der Waals surface area contributed by atoms with Gasteiger partial charge in [0.15, 0.2) is 0 Å². The van der Waals surface area contributed by atoms with E-state index in [1.807, 2.05) is 86.6 Å². The summed E-state index contributed by atoms with van der Waals surface area (Å²) in [6.45, 7) is 4.28. The highest BCUT2D eigenvalue weighted by atomic mass is 16.4. The highest BCUT2D eigenvalue weighted by Crippen LogP contribution is 2.35. The number of hydrogen-bond acceptors (Lipinski definition) is 3. The number of amides is 2. The number of carbonyl (C=O) groups is 3. The van der Waals surface area contributed by atoms with Gasteiger partial charge in [0, 0.05) is 41.5 Å². The molecule has 38 heavy (non-hydrogen) atoms. The van der Waals surface area contributed by atoms with Crippen molar-refractivity contribution in [2.75, 3.05) is 6.54 Å². The van der Waals surface area contributed by atoms with Crippen LogP contribution in [0.2, 0.25) is 0 Å². The van der Waals surface area contributed by atoms with Gasteiger partial charge in [0.2, 0.25) is 5.91 Å². The Balaban J connectivity index is 1.45. The minimum absolute atomic E-state index is 0.124. The molecule has 1 aliphatic rings. The van der Waals surface area contributed by atoms with Crippen molar-refractivity contribution in [3.8, 4) is 0 Å². The third kappa shape index (κ3) is 5.05. The van der Waals surface area contributed by atoms with Crippen molar-refractivity contribution in [3.05, 3.63) is 107 Å². The molecule has 3 atom stereocenters. The molecular weight excluding hydrogens is 478 g/mol. The van der Waals surface area contributed by atoms with Crippen LogP contribution < -0.4 is 5.32 Å². The summed E-state index contributed by atoms with van der Waals surface area (Å²) in [7, 11) is 0. The van der Waals surface area contributed by atoms with Gasteiger partial charge in [-0.15, -0.1) is 0 Å². The first-order chi connectivity index (χ1) is 18.3. The molecular formula is C31H31N3O4. The number of para-hydroxylation sites is 1. The Kier molecular flexibility index (Phi) is 7.01. The summed E-state index contributed by atoms with van der Waals surface area (Å²) < 4.78 is 0. The summed E-state index contributed by atoms with van der Waals surface area (Å²) in [5.74, 6) is -2.04. The fourth-order valence-corrected chi connectivity index (χ4v) is 5.64. The molecule has 194 valence electrons. The van der Waals surface area contributed by atoms with E-state index >= 15 is 0 Å². The van der Waals surface area contributed by atoms with Crippen molar-refractivity contribution in [2.24, 2.45) is 0 Å². The van der Waals surface area contributed by atoms with Crippen LogP contribution in [0.15, 0.2) is 79.0 Å². The fraction of sp³-hybridized carbons (Fsp3) is 0.258. The van der Waals surface area contributed by atoms with Crippen LogP contribution in [0.1, 0.15) is 45.0 Å². The van der Waals surface area contributed by atoms with Gasteiger partial charge in [0.1, 0.15) is 12.1 Å². The van der Waals surface area contributed by atoms with E-state index in [0.29, 0.717) is 18.5 Å². The van der Waals surface area contributed by atoms with Crippen molar-refractivity contribution in [1.82, 2.24) is 15.2 Å². The van der Waals surface area contributed by atoms with Crippen molar-refractivity contribution in [3.63, 3.8) is 0 Å². The molecule has 1 aliphatic heterocycles. The fourth-order valence-electron chi connectivity index (χ4n) is 5.64. The average Bonchev–Trinajstić information content (AvgIpc) is 3.52. The van der Waals surface area contributed by atoms with Gasteiger partial charge in [0.05, 0.1) is 0 Å². The molecule has 0 aliphatic carbocycles. The number of benzene rings is 3. The van der Waals surface area contributed by atoms with Crippen molar-refractivity contribution in [1.29, 1.82) is 0 Å². The summed E-state index contributed by atoms with van der Waals surface area (Å²) in [6.07, 6.45) is 2.52. The van der Waals surface area contributed by atoms with Crippen LogP contribution in [-0.2, 0) is 16.0 Å². The van der Waals surface area contributed by atoms with Crippen molar-refractivity contribution in [2.45, 2.75) is 44.7 Å². The smallest absolute Gasteiger partial charge is 0.326 e. The number of rotatable bonds is 7. The van der Waals surface area contributed by atoms with Gasteiger partial charge in [0.25, 0.3) is 5.91 Å². The second-order valence-corrected chi connectivity index (χ2v) is 10.1. The lowest BCUT2D eigenvalue weighted by molar-refractivity contribution is -0.142. The van der Waals surface area contributed by atoms with Crippen LogP contribution in [0.25, 0.3) is 10.9 Å². The lowest BCUT2D eigenvalue weighted by Crippen LogP contribution is -2.53. The number of hydrogen-bond donors (Lipinski definition) is 3. The summed E-state index contributed by atoms with van der Waals surface area (Å²) >= 11 is 0. The molecule has 7 nitrogen and oxygen atoms in total. The van der Waals surface area contributed by atoms with Crippen LogP contribution in [0.3, 0.4) is 0 Å². The number of aliphatic carboxylic acids is 1. The number of aromatic nitrogens is 1. The highest BCUT2D eigenvalue weighted by Gasteiger charge is 2.43. The van der Waals surface area contributed by atoms with Crippen LogP contribution in [0, 0.1) is 13.8 Å². The number of H-pyrrole nitrogens is 1. The number of likely N-dealkylation sites (tertiary alicyclic amines) is 1. The maximum Gasteiger partial charge on any atom is 0.326 e. The minimum Gasteiger partial charge on any atom is -0.480 e. The Hall–Kier alpha value is -4.39. The van der Waals surface area contributed by atoms with Crippen molar-refractivity contribution < 1.29 is 19.5 Å². The molecule has 2 amide bonds. The standard InChI is InChI=1S/C31H31N3O4/c1-19-14-20(2)16-22(15-19)30(36)34-13-12-25(21-8-4-3-5-9-21)28(34)29(35)33-27(31(37)38)17-23-18-32-26-11-7-6-10-24(23)26/h3-11,14-16,18,25,27-28,32H,12-13,17H2,1-2H3,(H,33,35)(H,37,38)/t25-,27+,28+/m1/s1. The third-order valence-corrected chi connectivity index (χ3v) is 7.34. The van der Waals surface area contributed by atoms with Gasteiger partial charge >= 0.3 is 5.97 Å². The zero-order chi connectivity index (χ0) is 26.8. The molecule has 2 heterocycles. The maximum atomic E-state index is 13.8. The maximum absolute atomic E-state index is 13.8. The first-order valence-electron chi connectivity index (χ1n) is 12.8. The second-order valence-electron chi connectivity index (χ2n) is 10.1. The Morgan fingerprint density at radius 3 is 2.39 bits per heavy atom. The van der Waals surface area contributed by atoms with Crippen LogP contribution >= 0.6 is 0 Å². The molecule has 0 unspecified atom stereocenters. The predicted molar refractivity (Wildman–Crippen MR) is 146 cm³/mol. The number of aryl methyl sites for hydroxylation is 2. The molecule has 5 rings (SSSR count). The Bertz CT molecular complexity index is 1470. The summed E-state index contributed by atoms with van der Waals surface area (Å²) in [5.41, 5.74) is 5.13. The SMILES string of the molecule is Cc1cc(C)cc(C(=O)N2CC[C@H](c3ccccc3)[C@H]2C(=O)N[C@@H](Cc2c[nH]c3ccccc23)C(=O)O)c1. The number of nitrogens with one attached hydrogen (secondary N) is 2. The van der Waals surface area contributed by atoms with E-state index in [1.54, 1.807) is 11.1 Å². The van der Waals surface area contributed by atoms with E-state index in [4.69, 9.17) is 0 Å². The Morgan fingerprint density at radius 1 is 1.00 bits per heavy atom. The number of aromatic amines is 1. The number of carboxylic acid groups (broad SMARTS) is 1. The molecule has 3 aromatic carbocycles. The average molecular weight is 510 g/mol. The Labute approximate surface area is 221 Å². The van der Waals surface area contributed by atoms with Crippen LogP contribution in [0.5, 0.6) is 0 Å². The van der Waals surface area contributed by atoms with E-state index in [0.717, 1.165) is 33.2 Å². The summed E-state index contributed by atoms with van der Waals surface area (Å²) in [6, 6.07) is 21.0. The van der Waals surface area contributed by atoms with Crippen LogP contribution in [-0.4, -0.2) is 51.4 Å². The molecule has 1 aromatic heterocycles. The minimum atomic E-state index is -1.14. The van der Waals surface area contributed by atoms with Gasteiger partial charge < -0.3 is 20.3 Å². The lowest BCUT2D eigenvalue weighted by Gasteiger charge is -2.29. The molecule has 3 N–H and O–H groups in total. The first kappa shape index (κ1) is 25.3. The largest absolute Gasteiger partial charge is 0.480 e. The van der Waals surface area contributed by atoms with Gasteiger partial charge in [-0.1, -0.05) is 65.7 Å². The number of fused-ring (bicyclic) bond motifs is 1. The van der Waals surface area contributed by atoms with E-state index in [9.17, 15) is 19.5 Å². The third-order valence-electron chi connectivity index (χ3n) is 7.34. The van der Waals surface area contributed by atoms with Gasteiger partial charge in [-0.3, -0.25) is 9.59 Å². The molecule has 0 radical (unpaired) electrons. The molecule has 1 saturated heterocycles. The van der Waals surface area contributed by atoms with Gasteiger partial charge in [-0.2, -0.15) is 0 Å². The van der Waals surface area contributed by atoms with E-state index < -0.39 is 24.0 Å². The molecule has 0 saturated carbocycles. The molecule has 1 fully saturated rings. The lowest BCUT2D eigenvalue weighted by atomic mass is 9.90. The normalized spacial score (nSPS) is 17.9. The quantitative estimate of drug-likeness (QED) is 0.339. The first-order valence-corrected chi connectivity index (χ1v) is 12.8. The highest BCUT2D eigenvalue weighted by molar-refractivity contribution is 5.99. The van der Waals surface area contributed by atoms with Gasteiger partial charge in [-0.25, -0.2) is 4.79 Å². The number of carboxylic acids is 1. The van der Waals surface area contributed by atoms with E-state index in [1.165, 1.54) is 0 Å². The van der Waals surface area contributed by atoms with Crippen molar-refractivity contribution >= 4 is 28.7 Å². The Morgan fingerprint density at radius 2 is 1.68 bits per heavy atom. The topological polar surface area (TPSA) is 103 Å². The second kappa shape index (κ2) is 10.5. The summed E-state index contributed by atoms with van der Waals surface area (Å²) in [4.78, 5) is 44.6. The molecule has 4 aromatic rings. The monoisotopic (exact) mass is 509 g/mol. The predicted octanol–water partition coefficient (Wildman–Crippen LogP) is 4.60. The zero-order valence-corrected chi connectivity index (χ0v) is 21.5. The number of carbonyl (C=O) groups excluding carboxylic acids is 2.